The van der Waals surface area contributed by atoms with Crippen molar-refractivity contribution in [2.45, 2.75) is 13.3 Å². The summed E-state index contributed by atoms with van der Waals surface area (Å²) in [5.74, 6) is 0.851. The van der Waals surface area contributed by atoms with Crippen molar-refractivity contribution in [2.24, 2.45) is 0 Å². The molecular formula is C21H22BrN5OS. The van der Waals surface area contributed by atoms with Crippen molar-refractivity contribution in [3.05, 3.63) is 70.0 Å². The standard InChI is InChI=1S/C21H22BrN5OS/c1-15-5-7-16(8-6-15)13-19-24-21(29-25-19)27-11-9-26(10-12-27)20(28)23-18-4-2-3-17(22)14-18/h2-8,14H,9-13H2,1H3,(H,23,28). The summed E-state index contributed by atoms with van der Waals surface area (Å²) >= 11 is 4.86. The fourth-order valence-electron chi connectivity index (χ4n) is 3.20. The molecule has 0 radical (unpaired) electrons. The minimum atomic E-state index is -0.0694. The molecule has 1 saturated heterocycles. The van der Waals surface area contributed by atoms with E-state index in [0.29, 0.717) is 13.1 Å². The van der Waals surface area contributed by atoms with Crippen LogP contribution in [0, 0.1) is 6.92 Å². The number of urea groups is 1. The Balaban J connectivity index is 1.31. The van der Waals surface area contributed by atoms with E-state index in [2.05, 4.69) is 61.7 Å². The zero-order chi connectivity index (χ0) is 20.2. The van der Waals surface area contributed by atoms with Gasteiger partial charge in [0.05, 0.1) is 0 Å². The topological polar surface area (TPSA) is 61.4 Å². The maximum Gasteiger partial charge on any atom is 0.321 e. The second-order valence-electron chi connectivity index (χ2n) is 7.07. The average Bonchev–Trinajstić information content (AvgIpc) is 3.18. The number of nitrogens with one attached hydrogen (secondary N) is 1. The maximum absolute atomic E-state index is 12.5. The molecule has 2 heterocycles. The number of hydrogen-bond acceptors (Lipinski definition) is 5. The zero-order valence-electron chi connectivity index (χ0n) is 16.1. The summed E-state index contributed by atoms with van der Waals surface area (Å²) in [4.78, 5) is 21.3. The van der Waals surface area contributed by atoms with Gasteiger partial charge in [0.1, 0.15) is 5.82 Å². The number of carbonyl (C=O) groups excluding carboxylic acids is 1. The molecule has 150 valence electrons. The first-order valence-corrected chi connectivity index (χ1v) is 11.1. The molecule has 2 aromatic carbocycles. The lowest BCUT2D eigenvalue weighted by atomic mass is 10.1. The molecular weight excluding hydrogens is 450 g/mol. The third-order valence-corrected chi connectivity index (χ3v) is 6.16. The monoisotopic (exact) mass is 471 g/mol. The number of benzene rings is 2. The van der Waals surface area contributed by atoms with E-state index in [9.17, 15) is 4.79 Å². The first-order valence-electron chi connectivity index (χ1n) is 9.51. The summed E-state index contributed by atoms with van der Waals surface area (Å²) in [5, 5.41) is 3.89. The van der Waals surface area contributed by atoms with E-state index < -0.39 is 0 Å². The van der Waals surface area contributed by atoms with E-state index in [0.717, 1.165) is 40.6 Å². The number of amides is 2. The van der Waals surface area contributed by atoms with Crippen LogP contribution in [-0.2, 0) is 6.42 Å². The second kappa shape index (κ2) is 8.92. The number of aromatic nitrogens is 2. The molecule has 0 saturated carbocycles. The maximum atomic E-state index is 12.5. The molecule has 1 aliphatic rings. The fourth-order valence-corrected chi connectivity index (χ4v) is 4.34. The number of piperazine rings is 1. The van der Waals surface area contributed by atoms with Crippen LogP contribution in [0.15, 0.2) is 53.0 Å². The Hall–Kier alpha value is -2.45. The van der Waals surface area contributed by atoms with Crippen LogP contribution < -0.4 is 10.2 Å². The van der Waals surface area contributed by atoms with Crippen LogP contribution in [0.4, 0.5) is 15.6 Å². The molecule has 3 aromatic rings. The third-order valence-electron chi connectivity index (χ3n) is 4.85. The van der Waals surface area contributed by atoms with Crippen LogP contribution in [0.25, 0.3) is 0 Å². The average molecular weight is 472 g/mol. The lowest BCUT2D eigenvalue weighted by Crippen LogP contribution is -2.50. The first kappa shape index (κ1) is 19.8. The van der Waals surface area contributed by atoms with Gasteiger partial charge >= 0.3 is 6.03 Å². The minimum Gasteiger partial charge on any atom is -0.343 e. The van der Waals surface area contributed by atoms with Gasteiger partial charge in [0.2, 0.25) is 5.13 Å². The summed E-state index contributed by atoms with van der Waals surface area (Å²) in [7, 11) is 0. The van der Waals surface area contributed by atoms with E-state index in [1.807, 2.05) is 29.2 Å². The number of anilines is 2. The van der Waals surface area contributed by atoms with Gasteiger partial charge in [0.15, 0.2) is 0 Å². The number of aryl methyl sites for hydroxylation is 1. The van der Waals surface area contributed by atoms with Gasteiger partial charge in [-0.1, -0.05) is 51.8 Å². The highest BCUT2D eigenvalue weighted by Crippen LogP contribution is 2.21. The number of rotatable bonds is 4. The van der Waals surface area contributed by atoms with Crippen molar-refractivity contribution >= 4 is 44.3 Å². The number of carbonyl (C=O) groups is 1. The largest absolute Gasteiger partial charge is 0.343 e. The Morgan fingerprint density at radius 1 is 1.14 bits per heavy atom. The fraction of sp³-hybridized carbons (Fsp3) is 0.286. The van der Waals surface area contributed by atoms with Gasteiger partial charge < -0.3 is 15.1 Å². The molecule has 0 unspecified atom stereocenters. The lowest BCUT2D eigenvalue weighted by Gasteiger charge is -2.34. The van der Waals surface area contributed by atoms with Crippen LogP contribution in [0.3, 0.4) is 0 Å². The summed E-state index contributed by atoms with van der Waals surface area (Å²) in [6.45, 7) is 4.91. The van der Waals surface area contributed by atoms with Crippen molar-refractivity contribution < 1.29 is 4.79 Å². The van der Waals surface area contributed by atoms with Crippen LogP contribution in [0.2, 0.25) is 0 Å². The van der Waals surface area contributed by atoms with Gasteiger partial charge in [-0.3, -0.25) is 0 Å². The molecule has 4 rings (SSSR count). The molecule has 1 fully saturated rings. The number of halogens is 1. The van der Waals surface area contributed by atoms with Crippen molar-refractivity contribution in [3.8, 4) is 0 Å². The van der Waals surface area contributed by atoms with Gasteiger partial charge in [-0.25, -0.2) is 9.78 Å². The Labute approximate surface area is 182 Å². The normalized spacial score (nSPS) is 14.1. The highest BCUT2D eigenvalue weighted by atomic mass is 79.9. The predicted octanol–water partition coefficient (Wildman–Crippen LogP) is 4.55. The Bertz CT molecular complexity index is 983. The molecule has 2 amide bonds. The summed E-state index contributed by atoms with van der Waals surface area (Å²) in [5.41, 5.74) is 3.26. The molecule has 0 bridgehead atoms. The summed E-state index contributed by atoms with van der Waals surface area (Å²) in [6, 6.07) is 16.0. The molecule has 1 aliphatic heterocycles. The van der Waals surface area contributed by atoms with Gasteiger partial charge in [-0.15, -0.1) is 0 Å². The van der Waals surface area contributed by atoms with Crippen LogP contribution in [-0.4, -0.2) is 46.5 Å². The molecule has 8 heteroatoms. The number of nitrogens with zero attached hydrogens (tertiary/aromatic N) is 4. The predicted molar refractivity (Wildman–Crippen MR) is 121 cm³/mol. The molecule has 29 heavy (non-hydrogen) atoms. The van der Waals surface area contributed by atoms with E-state index in [1.54, 1.807) is 0 Å². The summed E-state index contributed by atoms with van der Waals surface area (Å²) in [6.07, 6.45) is 0.742. The highest BCUT2D eigenvalue weighted by molar-refractivity contribution is 9.10. The smallest absolute Gasteiger partial charge is 0.321 e. The quantitative estimate of drug-likeness (QED) is 0.605. The molecule has 1 N–H and O–H groups in total. The van der Waals surface area contributed by atoms with E-state index >= 15 is 0 Å². The molecule has 0 spiro atoms. The van der Waals surface area contributed by atoms with Crippen molar-refractivity contribution in [2.75, 3.05) is 36.4 Å². The van der Waals surface area contributed by atoms with Gasteiger partial charge in [-0.05, 0) is 30.7 Å². The zero-order valence-corrected chi connectivity index (χ0v) is 18.5. The Morgan fingerprint density at radius 2 is 1.90 bits per heavy atom. The summed E-state index contributed by atoms with van der Waals surface area (Å²) < 4.78 is 5.46. The SMILES string of the molecule is Cc1ccc(Cc2nsc(N3CCN(C(=O)Nc4cccc(Br)c4)CC3)n2)cc1. The van der Waals surface area contributed by atoms with Gasteiger partial charge in [0.25, 0.3) is 0 Å². The minimum absolute atomic E-state index is 0.0694. The van der Waals surface area contributed by atoms with E-state index in [1.165, 1.54) is 22.7 Å². The van der Waals surface area contributed by atoms with Crippen LogP contribution in [0.5, 0.6) is 0 Å². The van der Waals surface area contributed by atoms with E-state index in [-0.39, 0.29) is 6.03 Å². The lowest BCUT2D eigenvalue weighted by molar-refractivity contribution is 0.208. The highest BCUT2D eigenvalue weighted by Gasteiger charge is 2.23. The van der Waals surface area contributed by atoms with Gasteiger partial charge in [-0.2, -0.15) is 4.37 Å². The third kappa shape index (κ3) is 5.13. The Kier molecular flexibility index (Phi) is 6.10. The van der Waals surface area contributed by atoms with Crippen LogP contribution in [0.1, 0.15) is 17.0 Å². The number of hydrogen-bond donors (Lipinski definition) is 1. The van der Waals surface area contributed by atoms with E-state index in [4.69, 9.17) is 4.98 Å². The molecule has 6 nitrogen and oxygen atoms in total. The van der Waals surface area contributed by atoms with Crippen LogP contribution >= 0.6 is 27.5 Å². The Morgan fingerprint density at radius 3 is 2.62 bits per heavy atom. The van der Waals surface area contributed by atoms with Gasteiger partial charge in [0, 0.05) is 54.3 Å². The van der Waals surface area contributed by atoms with Crippen molar-refractivity contribution in [1.82, 2.24) is 14.3 Å². The second-order valence-corrected chi connectivity index (χ2v) is 8.72. The molecule has 1 aromatic heterocycles. The van der Waals surface area contributed by atoms with Crippen molar-refractivity contribution in [1.29, 1.82) is 0 Å². The molecule has 0 atom stereocenters. The first-order chi connectivity index (χ1) is 14.1. The van der Waals surface area contributed by atoms with Crippen molar-refractivity contribution in [3.63, 3.8) is 0 Å². The molecule has 0 aliphatic carbocycles.